The fraction of sp³-hybridized carbons (Fsp3) is 0.667. The quantitative estimate of drug-likeness (QED) is 0.939. The van der Waals surface area contributed by atoms with Crippen LogP contribution >= 0.6 is 11.3 Å². The zero-order valence-corrected chi connectivity index (χ0v) is 13.5. The molecule has 0 spiro atoms. The van der Waals surface area contributed by atoms with Gasteiger partial charge in [-0.2, -0.15) is 0 Å². The van der Waals surface area contributed by atoms with E-state index in [2.05, 4.69) is 46.7 Å². The van der Waals surface area contributed by atoms with Crippen LogP contribution < -0.4 is 5.32 Å². The number of likely N-dealkylation sites (tertiary alicyclic amines) is 1. The van der Waals surface area contributed by atoms with Crippen molar-refractivity contribution in [3.05, 3.63) is 22.5 Å². The number of hydrogen-bond acceptors (Lipinski definition) is 4. The third kappa shape index (κ3) is 2.90. The third-order valence-electron chi connectivity index (χ3n) is 4.30. The zero-order chi connectivity index (χ0) is 14.1. The van der Waals surface area contributed by atoms with Gasteiger partial charge in [-0.3, -0.25) is 4.40 Å². The summed E-state index contributed by atoms with van der Waals surface area (Å²) < 4.78 is 2.25. The normalized spacial score (nSPS) is 18.1. The van der Waals surface area contributed by atoms with E-state index in [4.69, 9.17) is 0 Å². The lowest BCUT2D eigenvalue weighted by molar-refractivity contribution is 0.216. The van der Waals surface area contributed by atoms with Crippen molar-refractivity contribution in [1.29, 1.82) is 0 Å². The van der Waals surface area contributed by atoms with Crippen molar-refractivity contribution in [2.75, 3.05) is 26.7 Å². The van der Waals surface area contributed by atoms with Crippen LogP contribution in [0.25, 0.3) is 4.96 Å². The predicted molar refractivity (Wildman–Crippen MR) is 84.5 cm³/mol. The Balaban J connectivity index is 1.58. The zero-order valence-electron chi connectivity index (χ0n) is 12.6. The van der Waals surface area contributed by atoms with Gasteiger partial charge in [0.15, 0.2) is 4.96 Å². The van der Waals surface area contributed by atoms with Gasteiger partial charge in [-0.15, -0.1) is 11.3 Å². The van der Waals surface area contributed by atoms with Crippen molar-refractivity contribution < 1.29 is 0 Å². The molecular weight excluding hydrogens is 268 g/mol. The Labute approximate surface area is 124 Å². The van der Waals surface area contributed by atoms with Crippen LogP contribution in [0.15, 0.2) is 6.20 Å². The molecule has 1 fully saturated rings. The number of nitrogens with one attached hydrogen (secondary N) is 1. The van der Waals surface area contributed by atoms with E-state index in [0.717, 1.165) is 29.7 Å². The highest BCUT2D eigenvalue weighted by Crippen LogP contribution is 2.21. The Hall–Kier alpha value is -0.910. The van der Waals surface area contributed by atoms with Gasteiger partial charge >= 0.3 is 0 Å². The molecule has 0 unspecified atom stereocenters. The Kier molecular flexibility index (Phi) is 4.10. The summed E-state index contributed by atoms with van der Waals surface area (Å²) in [5.41, 5.74) is 2.48. The molecule has 110 valence electrons. The van der Waals surface area contributed by atoms with Crippen molar-refractivity contribution in [1.82, 2.24) is 19.6 Å². The molecule has 20 heavy (non-hydrogen) atoms. The summed E-state index contributed by atoms with van der Waals surface area (Å²) >= 11 is 1.77. The Morgan fingerprint density at radius 2 is 2.10 bits per heavy atom. The van der Waals surface area contributed by atoms with E-state index in [1.807, 2.05) is 0 Å². The molecule has 0 bridgehead atoms. The number of thiazole rings is 1. The summed E-state index contributed by atoms with van der Waals surface area (Å²) in [6.45, 7) is 8.79. The predicted octanol–water partition coefficient (Wildman–Crippen LogP) is 2.44. The molecule has 1 N–H and O–H groups in total. The van der Waals surface area contributed by atoms with Crippen LogP contribution in [0, 0.1) is 19.8 Å². The number of nitrogens with zero attached hydrogens (tertiary/aromatic N) is 3. The summed E-state index contributed by atoms with van der Waals surface area (Å²) in [5, 5.41) is 3.64. The summed E-state index contributed by atoms with van der Waals surface area (Å²) in [4.78, 5) is 9.51. The van der Waals surface area contributed by atoms with Crippen LogP contribution in [0.5, 0.6) is 0 Å². The molecule has 5 heteroatoms. The van der Waals surface area contributed by atoms with Crippen molar-refractivity contribution in [2.45, 2.75) is 33.2 Å². The molecule has 2 aromatic heterocycles. The molecule has 0 saturated carbocycles. The van der Waals surface area contributed by atoms with E-state index in [1.165, 1.54) is 36.5 Å². The van der Waals surface area contributed by atoms with Crippen LogP contribution in [-0.2, 0) is 6.54 Å². The minimum Gasteiger partial charge on any atom is -0.311 e. The van der Waals surface area contributed by atoms with Gasteiger partial charge in [-0.25, -0.2) is 4.98 Å². The van der Waals surface area contributed by atoms with E-state index in [1.54, 1.807) is 11.3 Å². The fourth-order valence-corrected chi connectivity index (χ4v) is 3.87. The molecule has 0 aromatic carbocycles. The van der Waals surface area contributed by atoms with Crippen LogP contribution in [-0.4, -0.2) is 41.0 Å². The number of hydrogen-bond donors (Lipinski definition) is 1. The highest BCUT2D eigenvalue weighted by molar-refractivity contribution is 7.17. The largest absolute Gasteiger partial charge is 0.311 e. The topological polar surface area (TPSA) is 32.6 Å². The standard InChI is InChI=1S/C15H24N4S/c1-11-10-19-14(12(2)17-15(19)20-11)9-16-8-13-4-6-18(3)7-5-13/h10,13,16H,4-9H2,1-3H3. The molecule has 3 heterocycles. The molecule has 4 nitrogen and oxygen atoms in total. The first-order valence-corrected chi connectivity index (χ1v) is 8.28. The SMILES string of the molecule is Cc1cn2c(CNCC3CCN(C)CC3)c(C)nc2s1. The highest BCUT2D eigenvalue weighted by atomic mass is 32.1. The molecule has 3 rings (SSSR count). The minimum atomic E-state index is 0.833. The Morgan fingerprint density at radius 3 is 2.85 bits per heavy atom. The molecule has 1 saturated heterocycles. The van der Waals surface area contributed by atoms with Crippen molar-refractivity contribution in [3.8, 4) is 0 Å². The minimum absolute atomic E-state index is 0.833. The first kappa shape index (κ1) is 14.0. The van der Waals surface area contributed by atoms with E-state index in [-0.39, 0.29) is 0 Å². The number of aromatic nitrogens is 2. The lowest BCUT2D eigenvalue weighted by Gasteiger charge is -2.29. The van der Waals surface area contributed by atoms with Crippen molar-refractivity contribution in [3.63, 3.8) is 0 Å². The van der Waals surface area contributed by atoms with Gasteiger partial charge in [0.1, 0.15) is 0 Å². The number of rotatable bonds is 4. The van der Waals surface area contributed by atoms with Crippen LogP contribution in [0.4, 0.5) is 0 Å². The highest BCUT2D eigenvalue weighted by Gasteiger charge is 2.17. The summed E-state index contributed by atoms with van der Waals surface area (Å²) in [5.74, 6) is 0.833. The molecule has 0 radical (unpaired) electrons. The average Bonchev–Trinajstić information content (AvgIpc) is 2.89. The van der Waals surface area contributed by atoms with Crippen LogP contribution in [0.1, 0.15) is 29.1 Å². The van der Waals surface area contributed by atoms with Crippen LogP contribution in [0.3, 0.4) is 0 Å². The summed E-state index contributed by atoms with van der Waals surface area (Å²) in [6.07, 6.45) is 4.84. The monoisotopic (exact) mass is 292 g/mol. The van der Waals surface area contributed by atoms with Gasteiger partial charge in [0.05, 0.1) is 11.4 Å². The number of imidazole rings is 1. The first-order chi connectivity index (χ1) is 9.63. The van der Waals surface area contributed by atoms with E-state index in [9.17, 15) is 0 Å². The van der Waals surface area contributed by atoms with Crippen LogP contribution in [0.2, 0.25) is 0 Å². The average molecular weight is 292 g/mol. The van der Waals surface area contributed by atoms with Gasteiger partial charge in [0.25, 0.3) is 0 Å². The molecular formula is C15H24N4S. The number of aryl methyl sites for hydroxylation is 2. The lowest BCUT2D eigenvalue weighted by Crippen LogP contribution is -2.34. The Bertz CT molecular complexity index is 578. The van der Waals surface area contributed by atoms with Gasteiger partial charge < -0.3 is 10.2 Å². The van der Waals surface area contributed by atoms with Crippen molar-refractivity contribution >= 4 is 16.3 Å². The van der Waals surface area contributed by atoms with E-state index >= 15 is 0 Å². The molecule has 0 atom stereocenters. The summed E-state index contributed by atoms with van der Waals surface area (Å²) in [6, 6.07) is 0. The van der Waals surface area contributed by atoms with Gasteiger partial charge in [0, 0.05) is 17.6 Å². The second kappa shape index (κ2) is 5.84. The second-order valence-corrected chi connectivity index (χ2v) is 7.23. The lowest BCUT2D eigenvalue weighted by atomic mass is 9.97. The fourth-order valence-electron chi connectivity index (χ4n) is 2.98. The molecule has 1 aliphatic rings. The summed E-state index contributed by atoms with van der Waals surface area (Å²) in [7, 11) is 2.22. The number of piperidine rings is 1. The molecule has 0 aliphatic carbocycles. The van der Waals surface area contributed by atoms with Gasteiger partial charge in [-0.05, 0) is 59.3 Å². The third-order valence-corrected chi connectivity index (χ3v) is 5.20. The second-order valence-electron chi connectivity index (χ2n) is 6.02. The maximum absolute atomic E-state index is 4.64. The van der Waals surface area contributed by atoms with Gasteiger partial charge in [0.2, 0.25) is 0 Å². The smallest absolute Gasteiger partial charge is 0.194 e. The van der Waals surface area contributed by atoms with E-state index in [0.29, 0.717) is 0 Å². The molecule has 0 amide bonds. The first-order valence-electron chi connectivity index (χ1n) is 7.46. The maximum Gasteiger partial charge on any atom is 0.194 e. The van der Waals surface area contributed by atoms with Gasteiger partial charge in [-0.1, -0.05) is 0 Å². The van der Waals surface area contributed by atoms with Crippen molar-refractivity contribution in [2.24, 2.45) is 5.92 Å². The Morgan fingerprint density at radius 1 is 1.35 bits per heavy atom. The molecule has 1 aliphatic heterocycles. The molecule has 2 aromatic rings. The number of fused-ring (bicyclic) bond motifs is 1. The maximum atomic E-state index is 4.64. The van der Waals surface area contributed by atoms with E-state index < -0.39 is 0 Å².